The molecule has 118 valence electrons. The zero-order valence-electron chi connectivity index (χ0n) is 11.7. The Morgan fingerprint density at radius 3 is 2.75 bits per heavy atom. The topological polar surface area (TPSA) is 87.7 Å². The highest BCUT2D eigenvalue weighted by Gasteiger charge is 2.35. The van der Waals surface area contributed by atoms with Crippen LogP contribution in [0.25, 0.3) is 0 Å². The Morgan fingerprint density at radius 2 is 2.15 bits per heavy atom. The molecule has 2 aliphatic heterocycles. The SMILES string of the molecule is C[C@H]1OCCN[C@@H]1C(=O)N1CCC(NS(C)(=O)=O)C1.Cl. The van der Waals surface area contributed by atoms with Crippen LogP contribution in [-0.4, -0.2) is 69.9 Å². The van der Waals surface area contributed by atoms with Crippen LogP contribution in [0.1, 0.15) is 13.3 Å². The summed E-state index contributed by atoms with van der Waals surface area (Å²) in [6, 6.07) is -0.510. The molecule has 0 saturated carbocycles. The molecule has 2 aliphatic rings. The minimum Gasteiger partial charge on any atom is -0.375 e. The molecule has 0 aromatic rings. The summed E-state index contributed by atoms with van der Waals surface area (Å²) in [5.41, 5.74) is 0. The number of hydrogen-bond acceptors (Lipinski definition) is 5. The predicted molar refractivity (Wildman–Crippen MR) is 77.4 cm³/mol. The van der Waals surface area contributed by atoms with Crippen molar-refractivity contribution >= 4 is 28.3 Å². The number of hydrogen-bond donors (Lipinski definition) is 2. The lowest BCUT2D eigenvalue weighted by molar-refractivity contribution is -0.138. The van der Waals surface area contributed by atoms with E-state index in [9.17, 15) is 13.2 Å². The molecule has 9 heteroatoms. The van der Waals surface area contributed by atoms with E-state index in [1.54, 1.807) is 4.90 Å². The molecular formula is C11H22ClN3O4S. The van der Waals surface area contributed by atoms with Crippen LogP contribution in [-0.2, 0) is 19.6 Å². The first-order valence-corrected chi connectivity index (χ1v) is 8.37. The number of carbonyl (C=O) groups excluding carboxylic acids is 1. The van der Waals surface area contributed by atoms with E-state index in [4.69, 9.17) is 4.74 Å². The van der Waals surface area contributed by atoms with Crippen LogP contribution in [0, 0.1) is 0 Å². The molecular weight excluding hydrogens is 306 g/mol. The maximum absolute atomic E-state index is 12.3. The molecule has 0 aliphatic carbocycles. The van der Waals surface area contributed by atoms with Gasteiger partial charge in [-0.25, -0.2) is 13.1 Å². The van der Waals surface area contributed by atoms with Crippen LogP contribution in [0.4, 0.5) is 0 Å². The van der Waals surface area contributed by atoms with Crippen molar-refractivity contribution in [2.24, 2.45) is 0 Å². The summed E-state index contributed by atoms with van der Waals surface area (Å²) in [5, 5.41) is 3.15. The predicted octanol–water partition coefficient (Wildman–Crippen LogP) is -1.06. The molecule has 0 radical (unpaired) electrons. The normalized spacial score (nSPS) is 30.9. The quantitative estimate of drug-likeness (QED) is 0.689. The van der Waals surface area contributed by atoms with Gasteiger partial charge in [-0.2, -0.15) is 0 Å². The van der Waals surface area contributed by atoms with Crippen LogP contribution >= 0.6 is 12.4 Å². The van der Waals surface area contributed by atoms with Gasteiger partial charge in [0.2, 0.25) is 15.9 Å². The van der Waals surface area contributed by atoms with Gasteiger partial charge in [0.15, 0.2) is 0 Å². The van der Waals surface area contributed by atoms with E-state index in [0.717, 1.165) is 6.26 Å². The maximum atomic E-state index is 12.3. The van der Waals surface area contributed by atoms with E-state index < -0.39 is 10.0 Å². The molecule has 3 atom stereocenters. The number of carbonyl (C=O) groups is 1. The van der Waals surface area contributed by atoms with Crippen LogP contribution in [0.2, 0.25) is 0 Å². The van der Waals surface area contributed by atoms with Gasteiger partial charge in [0.05, 0.1) is 19.0 Å². The molecule has 0 spiro atoms. The van der Waals surface area contributed by atoms with Crippen molar-refractivity contribution < 1.29 is 17.9 Å². The Hall–Kier alpha value is -0.410. The molecule has 2 rings (SSSR count). The molecule has 0 aromatic heterocycles. The van der Waals surface area contributed by atoms with Gasteiger partial charge in [-0.3, -0.25) is 4.79 Å². The number of ether oxygens (including phenoxy) is 1. The van der Waals surface area contributed by atoms with Gasteiger partial charge >= 0.3 is 0 Å². The number of nitrogens with one attached hydrogen (secondary N) is 2. The number of sulfonamides is 1. The lowest BCUT2D eigenvalue weighted by Crippen LogP contribution is -2.56. The molecule has 0 aromatic carbocycles. The van der Waals surface area contributed by atoms with Gasteiger partial charge in [-0.1, -0.05) is 0 Å². The fourth-order valence-electron chi connectivity index (χ4n) is 2.57. The minimum absolute atomic E-state index is 0. The lowest BCUT2D eigenvalue weighted by Gasteiger charge is -2.32. The summed E-state index contributed by atoms with van der Waals surface area (Å²) in [7, 11) is -3.22. The molecule has 2 fully saturated rings. The largest absolute Gasteiger partial charge is 0.375 e. The summed E-state index contributed by atoms with van der Waals surface area (Å²) in [5.74, 6) is -0.00926. The van der Waals surface area contributed by atoms with Crippen LogP contribution < -0.4 is 10.0 Å². The number of morpholine rings is 1. The second-order valence-corrected chi connectivity index (χ2v) is 6.95. The van der Waals surface area contributed by atoms with E-state index in [2.05, 4.69) is 10.0 Å². The number of amides is 1. The van der Waals surface area contributed by atoms with E-state index in [1.807, 2.05) is 6.92 Å². The maximum Gasteiger partial charge on any atom is 0.242 e. The van der Waals surface area contributed by atoms with Crippen LogP contribution in [0.3, 0.4) is 0 Å². The third-order valence-corrected chi connectivity index (χ3v) is 4.22. The Labute approximate surface area is 125 Å². The summed E-state index contributed by atoms with van der Waals surface area (Å²) in [6.45, 7) is 4.16. The van der Waals surface area contributed by atoms with Gasteiger partial charge < -0.3 is 15.0 Å². The molecule has 1 amide bonds. The van der Waals surface area contributed by atoms with Gasteiger partial charge in [0, 0.05) is 25.7 Å². The lowest BCUT2D eigenvalue weighted by atomic mass is 10.1. The molecule has 0 bridgehead atoms. The third-order valence-electron chi connectivity index (χ3n) is 3.46. The molecule has 2 heterocycles. The average Bonchev–Trinajstić information content (AvgIpc) is 2.75. The van der Waals surface area contributed by atoms with E-state index in [-0.39, 0.29) is 36.5 Å². The fraction of sp³-hybridized carbons (Fsp3) is 0.909. The Kier molecular flexibility index (Phi) is 6.21. The molecule has 7 nitrogen and oxygen atoms in total. The highest BCUT2D eigenvalue weighted by molar-refractivity contribution is 7.88. The van der Waals surface area contributed by atoms with Gasteiger partial charge in [-0.15, -0.1) is 12.4 Å². The van der Waals surface area contributed by atoms with Crippen molar-refractivity contribution in [1.82, 2.24) is 14.9 Å². The summed E-state index contributed by atoms with van der Waals surface area (Å²) >= 11 is 0. The van der Waals surface area contributed by atoms with E-state index in [0.29, 0.717) is 32.7 Å². The van der Waals surface area contributed by atoms with E-state index >= 15 is 0 Å². The first-order valence-electron chi connectivity index (χ1n) is 6.48. The standard InChI is InChI=1S/C11H21N3O4S.ClH/c1-8-10(12-4-6-18-8)11(15)14-5-3-9(7-14)13-19(2,16)17;/h8-10,12-13H,3-7H2,1-2H3;1H/t8-,9?,10+;/m1./s1. The highest BCUT2D eigenvalue weighted by Crippen LogP contribution is 2.14. The number of halogens is 1. The molecule has 2 N–H and O–H groups in total. The monoisotopic (exact) mass is 327 g/mol. The zero-order chi connectivity index (χ0) is 14.0. The van der Waals surface area contributed by atoms with Crippen LogP contribution in [0.5, 0.6) is 0 Å². The highest BCUT2D eigenvalue weighted by atomic mass is 35.5. The van der Waals surface area contributed by atoms with Crippen molar-refractivity contribution in [2.45, 2.75) is 31.5 Å². The first-order chi connectivity index (χ1) is 8.87. The second-order valence-electron chi connectivity index (χ2n) is 5.17. The van der Waals surface area contributed by atoms with Crippen molar-refractivity contribution in [3.8, 4) is 0 Å². The average molecular weight is 328 g/mol. The van der Waals surface area contributed by atoms with Gasteiger partial charge in [0.25, 0.3) is 0 Å². The Bertz CT molecular complexity index is 445. The van der Waals surface area contributed by atoms with Crippen molar-refractivity contribution in [1.29, 1.82) is 0 Å². The van der Waals surface area contributed by atoms with Crippen LogP contribution in [0.15, 0.2) is 0 Å². The Morgan fingerprint density at radius 1 is 1.45 bits per heavy atom. The molecule has 2 saturated heterocycles. The van der Waals surface area contributed by atoms with Crippen molar-refractivity contribution in [2.75, 3.05) is 32.5 Å². The summed E-state index contributed by atoms with van der Waals surface area (Å²) < 4.78 is 30.3. The summed E-state index contributed by atoms with van der Waals surface area (Å²) in [6.07, 6.45) is 1.64. The van der Waals surface area contributed by atoms with Gasteiger partial charge in [0.1, 0.15) is 6.04 Å². The smallest absolute Gasteiger partial charge is 0.242 e. The molecule has 1 unspecified atom stereocenters. The fourth-order valence-corrected chi connectivity index (χ4v) is 3.36. The number of nitrogens with zero attached hydrogens (tertiary/aromatic N) is 1. The Balaban J connectivity index is 0.00000200. The second kappa shape index (κ2) is 7.04. The van der Waals surface area contributed by atoms with E-state index in [1.165, 1.54) is 0 Å². The minimum atomic E-state index is -3.22. The zero-order valence-corrected chi connectivity index (χ0v) is 13.3. The first kappa shape index (κ1) is 17.6. The van der Waals surface area contributed by atoms with Gasteiger partial charge in [-0.05, 0) is 13.3 Å². The number of likely N-dealkylation sites (tertiary alicyclic amines) is 1. The molecule has 20 heavy (non-hydrogen) atoms. The number of rotatable bonds is 3. The van der Waals surface area contributed by atoms with Crippen molar-refractivity contribution in [3.05, 3.63) is 0 Å². The summed E-state index contributed by atoms with van der Waals surface area (Å²) in [4.78, 5) is 14.0. The van der Waals surface area contributed by atoms with Crippen molar-refractivity contribution in [3.63, 3.8) is 0 Å². The third kappa shape index (κ3) is 4.56.